The number of ether oxygens (including phenoxy) is 6. The Bertz CT molecular complexity index is 1660. The summed E-state index contributed by atoms with van der Waals surface area (Å²) in [5, 5.41) is 9.90. The molecule has 0 spiro atoms. The van der Waals surface area contributed by atoms with Gasteiger partial charge in [-0.25, -0.2) is 19.7 Å². The van der Waals surface area contributed by atoms with E-state index in [1.165, 1.54) is 28.7 Å². The molecule has 4 saturated heterocycles. The van der Waals surface area contributed by atoms with Gasteiger partial charge in [-0.2, -0.15) is 11.8 Å². The predicted molar refractivity (Wildman–Crippen MR) is 150 cm³/mol. The highest BCUT2D eigenvalue weighted by atomic mass is 32.2. The van der Waals surface area contributed by atoms with Crippen LogP contribution in [0.15, 0.2) is 28.3 Å². The molecule has 0 aromatic carbocycles. The molecule has 0 amide bonds. The number of nitrogens with zero attached hydrogens (tertiary/aromatic N) is 5. The molecule has 0 aliphatic carbocycles. The van der Waals surface area contributed by atoms with Crippen LogP contribution < -0.4 is 17.0 Å². The van der Waals surface area contributed by atoms with Crippen LogP contribution in [0.25, 0.3) is 11.2 Å². The summed E-state index contributed by atoms with van der Waals surface area (Å²) >= 11 is 1.46. The number of aliphatic hydroxyl groups is 1. The minimum Gasteiger partial charge on any atom is -0.394 e. The van der Waals surface area contributed by atoms with Crippen LogP contribution in [-0.4, -0.2) is 94.7 Å². The molecule has 17 heteroatoms. The van der Waals surface area contributed by atoms with E-state index in [2.05, 4.69) is 19.9 Å². The molecule has 0 saturated carbocycles. The molecule has 0 radical (unpaired) electrons. The molecular formula is C26H33N7O9S. The molecule has 7 rings (SSSR count). The number of H-pyrrole nitrogens is 1. The number of imidazole rings is 1. The van der Waals surface area contributed by atoms with Gasteiger partial charge in [-0.3, -0.25) is 18.9 Å². The van der Waals surface area contributed by atoms with Gasteiger partial charge in [-0.1, -0.05) is 0 Å². The highest BCUT2D eigenvalue weighted by Gasteiger charge is 2.57. The first-order valence-corrected chi connectivity index (χ1v) is 15.1. The minimum atomic E-state index is -0.923. The second kappa shape index (κ2) is 10.3. The van der Waals surface area contributed by atoms with E-state index in [9.17, 15) is 14.7 Å². The number of thioether (sulfide) groups is 1. The number of anilines is 1. The van der Waals surface area contributed by atoms with E-state index in [-0.39, 0.29) is 18.2 Å². The van der Waals surface area contributed by atoms with Crippen molar-refractivity contribution < 1.29 is 33.5 Å². The van der Waals surface area contributed by atoms with Gasteiger partial charge in [0.05, 0.1) is 19.0 Å². The van der Waals surface area contributed by atoms with Gasteiger partial charge < -0.3 is 39.3 Å². The lowest BCUT2D eigenvalue weighted by atomic mass is 10.1. The van der Waals surface area contributed by atoms with Gasteiger partial charge in [0.2, 0.25) is 0 Å². The van der Waals surface area contributed by atoms with Crippen molar-refractivity contribution in [2.45, 2.75) is 94.1 Å². The summed E-state index contributed by atoms with van der Waals surface area (Å²) < 4.78 is 40.1. The van der Waals surface area contributed by atoms with Crippen LogP contribution in [0.5, 0.6) is 0 Å². The van der Waals surface area contributed by atoms with Crippen molar-refractivity contribution in [2.24, 2.45) is 0 Å². The van der Waals surface area contributed by atoms with E-state index in [1.807, 2.05) is 13.8 Å². The van der Waals surface area contributed by atoms with Gasteiger partial charge in [0.1, 0.15) is 42.4 Å². The van der Waals surface area contributed by atoms with Crippen LogP contribution >= 0.6 is 11.8 Å². The van der Waals surface area contributed by atoms with Gasteiger partial charge in [0.25, 0.3) is 5.56 Å². The van der Waals surface area contributed by atoms with Gasteiger partial charge in [0.15, 0.2) is 35.5 Å². The molecular weight excluding hydrogens is 586 g/mol. The fourth-order valence-electron chi connectivity index (χ4n) is 6.31. The molecule has 8 atom stereocenters. The zero-order valence-electron chi connectivity index (χ0n) is 23.9. The molecule has 4 fully saturated rings. The molecule has 43 heavy (non-hydrogen) atoms. The number of aliphatic hydroxyl groups excluding tert-OH is 1. The third kappa shape index (κ3) is 4.97. The summed E-state index contributed by atoms with van der Waals surface area (Å²) in [7, 11) is 0. The van der Waals surface area contributed by atoms with Crippen LogP contribution in [0.3, 0.4) is 0 Å². The van der Waals surface area contributed by atoms with Crippen molar-refractivity contribution in [1.29, 1.82) is 0 Å². The molecule has 0 unspecified atom stereocenters. The van der Waals surface area contributed by atoms with Crippen LogP contribution in [-0.2, 0) is 34.2 Å². The second-order valence-electron chi connectivity index (χ2n) is 11.8. The topological polar surface area (TPSA) is 200 Å². The lowest BCUT2D eigenvalue weighted by Gasteiger charge is -2.26. The van der Waals surface area contributed by atoms with Crippen molar-refractivity contribution in [3.05, 3.63) is 45.3 Å². The number of aromatic amines is 1. The Kier molecular flexibility index (Phi) is 6.93. The van der Waals surface area contributed by atoms with Crippen LogP contribution in [0.1, 0.15) is 45.8 Å². The summed E-state index contributed by atoms with van der Waals surface area (Å²) in [6.45, 7) is 6.90. The van der Waals surface area contributed by atoms with Crippen LogP contribution in [0.4, 0.5) is 5.82 Å². The van der Waals surface area contributed by atoms with Crippen LogP contribution in [0.2, 0.25) is 0 Å². The van der Waals surface area contributed by atoms with E-state index in [0.717, 1.165) is 0 Å². The van der Waals surface area contributed by atoms with Crippen LogP contribution in [0, 0.1) is 0 Å². The smallest absolute Gasteiger partial charge is 0.330 e. The Balaban J connectivity index is 1.12. The highest BCUT2D eigenvalue weighted by Crippen LogP contribution is 2.45. The average Bonchev–Trinajstić information content (AvgIpc) is 3.71. The third-order valence-corrected chi connectivity index (χ3v) is 9.00. The van der Waals surface area contributed by atoms with Gasteiger partial charge in [-0.15, -0.1) is 0 Å². The van der Waals surface area contributed by atoms with Gasteiger partial charge in [-0.05, 0) is 27.7 Å². The standard InChI is InChI=1S/C26H33N7O9S/c1-25(2)39-16-12(6-34)37-23(19(16)42-25)33-11(5-14(35)31-24(33)36)7-43-8-13-17-18(41-26(3,4)40-17)22(38-13)32-10-30-15-20(27)28-9-29-21(15)32/h5,9-10,12-13,16-19,22-23,34H,6-8H2,1-4H3,(H2,27,28,29)(H,31,35,36)/t12-,13-,16-,17-,18-,19-,22-,23-/m1/s1. The first-order valence-electron chi connectivity index (χ1n) is 13.9. The van der Waals surface area contributed by atoms with Gasteiger partial charge >= 0.3 is 5.69 Å². The number of aromatic nitrogens is 6. The molecule has 3 aromatic rings. The summed E-state index contributed by atoms with van der Waals surface area (Å²) in [4.78, 5) is 40.5. The van der Waals surface area contributed by atoms with Gasteiger partial charge in [0, 0.05) is 23.3 Å². The normalized spacial score (nSPS) is 34.2. The molecule has 232 valence electrons. The molecule has 3 aromatic heterocycles. The average molecular weight is 620 g/mol. The molecule has 7 heterocycles. The first-order chi connectivity index (χ1) is 20.4. The largest absolute Gasteiger partial charge is 0.394 e. The number of hydrogen-bond acceptors (Lipinski definition) is 14. The fourth-order valence-corrected chi connectivity index (χ4v) is 7.36. The maximum atomic E-state index is 13.1. The maximum absolute atomic E-state index is 13.1. The predicted octanol–water partition coefficient (Wildman–Crippen LogP) is 0.0192. The Morgan fingerprint density at radius 2 is 1.60 bits per heavy atom. The zero-order chi connectivity index (χ0) is 30.3. The molecule has 4 aliphatic heterocycles. The Morgan fingerprint density at radius 1 is 0.953 bits per heavy atom. The Labute approximate surface area is 248 Å². The second-order valence-corrected chi connectivity index (χ2v) is 12.9. The maximum Gasteiger partial charge on any atom is 0.330 e. The number of rotatable bonds is 7. The SMILES string of the molecule is CC1(C)O[C@@H]2[C@H](O1)[C@@H](CO)O[C@H]2n1c(CSC[C@H]2O[C@@H](n3cnc4c(N)ncnc43)[C@@H]3OC(C)(C)O[C@@H]32)cc(=O)[nH]c1=O. The lowest BCUT2D eigenvalue weighted by molar-refractivity contribution is -0.200. The monoisotopic (exact) mass is 619 g/mol. The number of nitrogens with one attached hydrogen (secondary N) is 1. The number of nitrogens with two attached hydrogens (primary N) is 1. The Hall–Kier alpha value is -2.90. The molecule has 0 bridgehead atoms. The van der Waals surface area contributed by atoms with Crippen molar-refractivity contribution in [2.75, 3.05) is 18.1 Å². The summed E-state index contributed by atoms with van der Waals surface area (Å²) in [6, 6.07) is 1.36. The Morgan fingerprint density at radius 3 is 2.33 bits per heavy atom. The third-order valence-electron chi connectivity index (χ3n) is 7.93. The molecule has 4 N–H and O–H groups in total. The summed E-state index contributed by atoms with van der Waals surface area (Å²) in [6.07, 6.45) is -1.71. The molecule has 16 nitrogen and oxygen atoms in total. The fraction of sp³-hybridized carbons (Fsp3) is 0.654. The summed E-state index contributed by atoms with van der Waals surface area (Å²) in [5.41, 5.74) is 6.22. The van der Waals surface area contributed by atoms with E-state index < -0.39 is 71.9 Å². The lowest BCUT2D eigenvalue weighted by Crippen LogP contribution is -2.39. The first kappa shape index (κ1) is 28.8. The summed E-state index contributed by atoms with van der Waals surface area (Å²) in [5.74, 6) is -0.776. The van der Waals surface area contributed by atoms with Crippen molar-refractivity contribution in [3.8, 4) is 0 Å². The van der Waals surface area contributed by atoms with Crippen molar-refractivity contribution >= 4 is 28.7 Å². The van der Waals surface area contributed by atoms with Crippen molar-refractivity contribution in [1.82, 2.24) is 29.1 Å². The minimum absolute atomic E-state index is 0.263. The van der Waals surface area contributed by atoms with E-state index in [0.29, 0.717) is 22.6 Å². The van der Waals surface area contributed by atoms with E-state index >= 15 is 0 Å². The molecule has 4 aliphatic rings. The quantitative estimate of drug-likeness (QED) is 0.320. The zero-order valence-corrected chi connectivity index (χ0v) is 24.7. The number of fused-ring (bicyclic) bond motifs is 3. The highest BCUT2D eigenvalue weighted by molar-refractivity contribution is 7.98. The van der Waals surface area contributed by atoms with E-state index in [1.54, 1.807) is 24.7 Å². The van der Waals surface area contributed by atoms with Crippen molar-refractivity contribution in [3.63, 3.8) is 0 Å². The van der Waals surface area contributed by atoms with E-state index in [4.69, 9.17) is 34.2 Å². The number of nitrogen functional groups attached to an aromatic ring is 1. The number of hydrogen-bond donors (Lipinski definition) is 3.